The van der Waals surface area contributed by atoms with Gasteiger partial charge in [-0.3, -0.25) is 4.79 Å². The molecule has 1 aromatic heterocycles. The minimum Gasteiger partial charge on any atom is -0.452 e. The summed E-state index contributed by atoms with van der Waals surface area (Å²) in [5, 5.41) is 7.07. The van der Waals surface area contributed by atoms with Crippen LogP contribution in [0.25, 0.3) is 5.69 Å². The third-order valence-corrected chi connectivity index (χ3v) is 4.51. The summed E-state index contributed by atoms with van der Waals surface area (Å²) in [5.41, 5.74) is 5.66. The maximum atomic E-state index is 12.4. The fourth-order valence-corrected chi connectivity index (χ4v) is 3.20. The SMILES string of the molecule is Cc1cc(C)c(NC(=O)COC(=O)c2cnn(-c3ccccc3)c2C)c(C)c1. The van der Waals surface area contributed by atoms with E-state index in [0.717, 1.165) is 28.1 Å². The molecular weight excluding hydrogens is 354 g/mol. The summed E-state index contributed by atoms with van der Waals surface area (Å²) in [5.74, 6) is -0.955. The Morgan fingerprint density at radius 2 is 1.68 bits per heavy atom. The summed E-state index contributed by atoms with van der Waals surface area (Å²) in [6, 6.07) is 13.5. The number of esters is 1. The number of nitrogens with one attached hydrogen (secondary N) is 1. The van der Waals surface area contributed by atoms with Crippen molar-refractivity contribution in [2.45, 2.75) is 27.7 Å². The number of carbonyl (C=O) groups is 2. The van der Waals surface area contributed by atoms with Crippen molar-refractivity contribution in [1.82, 2.24) is 9.78 Å². The van der Waals surface area contributed by atoms with Crippen LogP contribution in [-0.4, -0.2) is 28.3 Å². The number of aryl methyl sites for hydroxylation is 3. The van der Waals surface area contributed by atoms with Crippen molar-refractivity contribution in [3.8, 4) is 5.69 Å². The largest absolute Gasteiger partial charge is 0.452 e. The van der Waals surface area contributed by atoms with E-state index in [1.807, 2.05) is 63.2 Å². The van der Waals surface area contributed by atoms with E-state index in [2.05, 4.69) is 10.4 Å². The van der Waals surface area contributed by atoms with E-state index in [-0.39, 0.29) is 12.5 Å². The standard InChI is InChI=1S/C22H23N3O3/c1-14-10-15(2)21(16(3)11-14)24-20(26)13-28-22(27)19-12-23-25(17(19)4)18-8-6-5-7-9-18/h5-12H,13H2,1-4H3,(H,24,26). The van der Waals surface area contributed by atoms with E-state index in [4.69, 9.17) is 4.74 Å². The molecule has 6 nitrogen and oxygen atoms in total. The molecule has 0 saturated heterocycles. The van der Waals surface area contributed by atoms with Crippen LogP contribution in [0, 0.1) is 27.7 Å². The number of benzene rings is 2. The van der Waals surface area contributed by atoms with E-state index in [1.54, 1.807) is 11.6 Å². The average molecular weight is 377 g/mol. The van der Waals surface area contributed by atoms with Gasteiger partial charge in [0.25, 0.3) is 5.91 Å². The summed E-state index contributed by atoms with van der Waals surface area (Å²) in [7, 11) is 0. The Morgan fingerprint density at radius 3 is 2.32 bits per heavy atom. The predicted molar refractivity (Wildman–Crippen MR) is 108 cm³/mol. The molecule has 1 N–H and O–H groups in total. The number of hydrogen-bond acceptors (Lipinski definition) is 4. The normalized spacial score (nSPS) is 10.6. The minimum atomic E-state index is -0.577. The van der Waals surface area contributed by atoms with Crippen LogP contribution >= 0.6 is 0 Å². The van der Waals surface area contributed by atoms with Crippen molar-refractivity contribution in [3.63, 3.8) is 0 Å². The smallest absolute Gasteiger partial charge is 0.342 e. The van der Waals surface area contributed by atoms with E-state index >= 15 is 0 Å². The molecule has 0 fully saturated rings. The molecule has 1 amide bonds. The van der Waals surface area contributed by atoms with Gasteiger partial charge in [0.05, 0.1) is 17.6 Å². The molecule has 0 aliphatic heterocycles. The lowest BCUT2D eigenvalue weighted by Crippen LogP contribution is -2.22. The molecule has 3 rings (SSSR count). The Labute approximate surface area is 164 Å². The van der Waals surface area contributed by atoms with Crippen LogP contribution in [0.15, 0.2) is 48.7 Å². The zero-order valence-corrected chi connectivity index (χ0v) is 16.4. The number of carbonyl (C=O) groups excluding carboxylic acids is 2. The molecule has 28 heavy (non-hydrogen) atoms. The molecule has 3 aromatic rings. The Hall–Kier alpha value is -3.41. The fraction of sp³-hybridized carbons (Fsp3) is 0.227. The van der Waals surface area contributed by atoms with Crippen LogP contribution < -0.4 is 5.32 Å². The van der Waals surface area contributed by atoms with Gasteiger partial charge in [0.1, 0.15) is 5.56 Å². The van der Waals surface area contributed by atoms with E-state index < -0.39 is 5.97 Å². The molecule has 0 radical (unpaired) electrons. The molecule has 0 spiro atoms. The monoisotopic (exact) mass is 377 g/mol. The molecule has 0 aliphatic carbocycles. The van der Waals surface area contributed by atoms with Crippen LogP contribution in [0.3, 0.4) is 0 Å². The number of rotatable bonds is 5. The number of amides is 1. The Bertz CT molecular complexity index is 1000. The molecule has 1 heterocycles. The molecule has 0 unspecified atom stereocenters. The lowest BCUT2D eigenvalue weighted by molar-refractivity contribution is -0.119. The van der Waals surface area contributed by atoms with Crippen molar-refractivity contribution < 1.29 is 14.3 Å². The predicted octanol–water partition coefficient (Wildman–Crippen LogP) is 3.90. The number of nitrogens with zero attached hydrogens (tertiary/aromatic N) is 2. The molecule has 0 aliphatic rings. The summed E-state index contributed by atoms with van der Waals surface area (Å²) in [4.78, 5) is 24.6. The second kappa shape index (κ2) is 8.08. The van der Waals surface area contributed by atoms with E-state index in [0.29, 0.717) is 11.3 Å². The molecule has 2 aromatic carbocycles. The maximum absolute atomic E-state index is 12.4. The highest BCUT2D eigenvalue weighted by atomic mass is 16.5. The van der Waals surface area contributed by atoms with E-state index in [9.17, 15) is 9.59 Å². The highest BCUT2D eigenvalue weighted by Crippen LogP contribution is 2.22. The maximum Gasteiger partial charge on any atom is 0.342 e. The van der Waals surface area contributed by atoms with Crippen LogP contribution in [0.4, 0.5) is 5.69 Å². The summed E-state index contributed by atoms with van der Waals surface area (Å²) in [6.07, 6.45) is 1.46. The zero-order chi connectivity index (χ0) is 20.3. The molecule has 0 saturated carbocycles. The molecule has 0 atom stereocenters. The van der Waals surface area contributed by atoms with Crippen molar-refractivity contribution >= 4 is 17.6 Å². The van der Waals surface area contributed by atoms with Crippen molar-refractivity contribution in [2.75, 3.05) is 11.9 Å². The van der Waals surface area contributed by atoms with Gasteiger partial charge >= 0.3 is 5.97 Å². The molecule has 6 heteroatoms. The van der Waals surface area contributed by atoms with E-state index in [1.165, 1.54) is 6.20 Å². The second-order valence-corrected chi connectivity index (χ2v) is 6.79. The third-order valence-electron chi connectivity index (χ3n) is 4.51. The first kappa shape index (κ1) is 19.4. The first-order valence-corrected chi connectivity index (χ1v) is 9.01. The van der Waals surface area contributed by atoms with Gasteiger partial charge in [0, 0.05) is 5.69 Å². The van der Waals surface area contributed by atoms with Crippen LogP contribution in [0.2, 0.25) is 0 Å². The summed E-state index contributed by atoms with van der Waals surface area (Å²) >= 11 is 0. The van der Waals surface area contributed by atoms with Crippen LogP contribution in [0.1, 0.15) is 32.7 Å². The lowest BCUT2D eigenvalue weighted by atomic mass is 10.1. The molecule has 144 valence electrons. The lowest BCUT2D eigenvalue weighted by Gasteiger charge is -2.13. The highest BCUT2D eigenvalue weighted by Gasteiger charge is 2.18. The Morgan fingerprint density at radius 1 is 1.04 bits per heavy atom. The van der Waals surface area contributed by atoms with Gasteiger partial charge < -0.3 is 10.1 Å². The minimum absolute atomic E-state index is 0.333. The second-order valence-electron chi connectivity index (χ2n) is 6.79. The van der Waals surface area contributed by atoms with Crippen molar-refractivity contribution in [1.29, 1.82) is 0 Å². The van der Waals surface area contributed by atoms with Gasteiger partial charge in [-0.05, 0) is 51.0 Å². The van der Waals surface area contributed by atoms with Crippen molar-refractivity contribution in [2.24, 2.45) is 0 Å². The van der Waals surface area contributed by atoms with Gasteiger partial charge in [-0.1, -0.05) is 35.9 Å². The first-order chi connectivity index (χ1) is 13.4. The van der Waals surface area contributed by atoms with Gasteiger partial charge in [-0.25, -0.2) is 9.48 Å². The van der Waals surface area contributed by atoms with Gasteiger partial charge in [0.15, 0.2) is 6.61 Å². The zero-order valence-electron chi connectivity index (χ0n) is 16.4. The van der Waals surface area contributed by atoms with Gasteiger partial charge in [0.2, 0.25) is 0 Å². The highest BCUT2D eigenvalue weighted by molar-refractivity contribution is 5.96. The fourth-order valence-electron chi connectivity index (χ4n) is 3.20. The van der Waals surface area contributed by atoms with Gasteiger partial charge in [-0.15, -0.1) is 0 Å². The van der Waals surface area contributed by atoms with Crippen LogP contribution in [0.5, 0.6) is 0 Å². The Kier molecular flexibility index (Phi) is 5.59. The number of aromatic nitrogens is 2. The summed E-state index contributed by atoms with van der Waals surface area (Å²) in [6.45, 7) is 7.30. The first-order valence-electron chi connectivity index (χ1n) is 9.01. The number of hydrogen-bond donors (Lipinski definition) is 1. The third kappa shape index (κ3) is 4.11. The van der Waals surface area contributed by atoms with Crippen molar-refractivity contribution in [3.05, 3.63) is 76.6 Å². The average Bonchev–Trinajstić information content (AvgIpc) is 3.05. The number of ether oxygens (including phenoxy) is 1. The quantitative estimate of drug-likeness (QED) is 0.685. The topological polar surface area (TPSA) is 73.2 Å². The summed E-state index contributed by atoms with van der Waals surface area (Å²) < 4.78 is 6.85. The Balaban J connectivity index is 1.65. The van der Waals surface area contributed by atoms with Gasteiger partial charge in [-0.2, -0.15) is 5.10 Å². The molecular formula is C22H23N3O3. The number of para-hydroxylation sites is 1. The number of anilines is 1. The van der Waals surface area contributed by atoms with Crippen LogP contribution in [-0.2, 0) is 9.53 Å². The molecule has 0 bridgehead atoms.